The molecule has 0 bridgehead atoms. The van der Waals surface area contributed by atoms with Crippen molar-refractivity contribution < 1.29 is 10.2 Å². The summed E-state index contributed by atoms with van der Waals surface area (Å²) in [6.45, 7) is 11.2. The van der Waals surface area contributed by atoms with Crippen LogP contribution in [0.15, 0.2) is 0 Å². The summed E-state index contributed by atoms with van der Waals surface area (Å²) in [5.74, 6) is 4.88. The van der Waals surface area contributed by atoms with Crippen LogP contribution < -0.4 is 0 Å². The largest absolute Gasteiger partial charge is 0.393 e. The lowest BCUT2D eigenvalue weighted by molar-refractivity contribution is -0.132. The van der Waals surface area contributed by atoms with Crippen molar-refractivity contribution in [1.82, 2.24) is 4.90 Å². The lowest BCUT2D eigenvalue weighted by Crippen LogP contribution is -2.55. The Morgan fingerprint density at radius 1 is 0.871 bits per heavy atom. The lowest BCUT2D eigenvalue weighted by atomic mass is 9.44. The van der Waals surface area contributed by atoms with Crippen LogP contribution in [0, 0.1) is 52.3 Å². The third-order valence-electron chi connectivity index (χ3n) is 12.0. The van der Waals surface area contributed by atoms with E-state index in [0.717, 1.165) is 42.9 Å². The van der Waals surface area contributed by atoms with Crippen molar-refractivity contribution in [2.75, 3.05) is 13.6 Å². The molecule has 4 saturated carbocycles. The number of aliphatic hydroxyl groups is 2. The molecular formula is C28H49NO2. The molecule has 5 aliphatic rings. The average molecular weight is 432 g/mol. The number of aliphatic hydroxyl groups excluding tert-OH is 2. The van der Waals surface area contributed by atoms with E-state index < -0.39 is 0 Å². The minimum atomic E-state index is -0.116. The molecule has 178 valence electrons. The summed E-state index contributed by atoms with van der Waals surface area (Å²) in [7, 11) is 2.33. The van der Waals surface area contributed by atoms with E-state index in [1.165, 1.54) is 51.5 Å². The number of rotatable bonds is 2. The molecule has 5 rings (SSSR count). The molecule has 31 heavy (non-hydrogen) atoms. The molecule has 1 saturated heterocycles. The Balaban J connectivity index is 1.38. The molecule has 1 aliphatic heterocycles. The molecular weight excluding hydrogens is 382 g/mol. The number of piperidine rings is 1. The van der Waals surface area contributed by atoms with Crippen LogP contribution in [-0.2, 0) is 0 Å². The Labute approximate surface area is 191 Å². The molecule has 3 heteroatoms. The molecule has 1 heterocycles. The Morgan fingerprint density at radius 2 is 1.61 bits per heavy atom. The minimum Gasteiger partial charge on any atom is -0.393 e. The van der Waals surface area contributed by atoms with Gasteiger partial charge < -0.3 is 15.1 Å². The fraction of sp³-hybridized carbons (Fsp3) is 1.00. The average Bonchev–Trinajstić information content (AvgIpc) is 2.98. The van der Waals surface area contributed by atoms with Crippen molar-refractivity contribution in [3.63, 3.8) is 0 Å². The van der Waals surface area contributed by atoms with Crippen molar-refractivity contribution in [3.05, 3.63) is 0 Å². The molecule has 0 radical (unpaired) electrons. The highest BCUT2D eigenvalue weighted by atomic mass is 16.3. The highest BCUT2D eigenvalue weighted by Gasteiger charge is 2.63. The van der Waals surface area contributed by atoms with Gasteiger partial charge in [-0.25, -0.2) is 0 Å². The van der Waals surface area contributed by atoms with Crippen LogP contribution in [0.3, 0.4) is 0 Å². The zero-order valence-corrected chi connectivity index (χ0v) is 20.9. The maximum absolute atomic E-state index is 11.5. The normalized spacial score (nSPS) is 56.4. The minimum absolute atomic E-state index is 0.0581. The molecule has 0 aromatic carbocycles. The number of nitrogens with zero attached hydrogens (tertiary/aromatic N) is 1. The van der Waals surface area contributed by atoms with E-state index in [-0.39, 0.29) is 12.2 Å². The van der Waals surface area contributed by atoms with Gasteiger partial charge in [-0.15, -0.1) is 0 Å². The highest BCUT2D eigenvalue weighted by Crippen LogP contribution is 2.68. The van der Waals surface area contributed by atoms with Crippen LogP contribution in [0.1, 0.15) is 91.9 Å². The predicted octanol–water partition coefficient (Wildman–Crippen LogP) is 5.34. The van der Waals surface area contributed by atoms with Crippen LogP contribution in [0.2, 0.25) is 0 Å². The summed E-state index contributed by atoms with van der Waals surface area (Å²) >= 11 is 0. The van der Waals surface area contributed by atoms with Crippen molar-refractivity contribution in [2.24, 2.45) is 52.3 Å². The van der Waals surface area contributed by atoms with Crippen LogP contribution in [-0.4, -0.2) is 47.0 Å². The monoisotopic (exact) mass is 431 g/mol. The Morgan fingerprint density at radius 3 is 2.35 bits per heavy atom. The highest BCUT2D eigenvalue weighted by molar-refractivity contribution is 5.12. The number of hydrogen-bond donors (Lipinski definition) is 2. The van der Waals surface area contributed by atoms with E-state index >= 15 is 0 Å². The third kappa shape index (κ3) is 3.46. The first-order valence-corrected chi connectivity index (χ1v) is 13.7. The molecule has 0 amide bonds. The Bertz CT molecular complexity index is 667. The van der Waals surface area contributed by atoms with Crippen molar-refractivity contribution >= 4 is 0 Å². The van der Waals surface area contributed by atoms with Gasteiger partial charge in [-0.05, 0) is 124 Å². The number of fused-ring (bicyclic) bond motifs is 5. The first-order chi connectivity index (χ1) is 14.6. The smallest absolute Gasteiger partial charge is 0.0579 e. The molecule has 0 aromatic rings. The second kappa shape index (κ2) is 7.98. The first-order valence-electron chi connectivity index (χ1n) is 13.7. The fourth-order valence-corrected chi connectivity index (χ4v) is 10.5. The Hall–Kier alpha value is -0.120. The standard InChI is InChI=1S/C28H49NO2/c1-17-6-9-24(29(5)16-17)18(2)26-25(31)15-23-21-8-7-19-14-20(30)10-12-27(19,3)22(21)11-13-28(23,26)4/h17-26,30-31H,6-16H2,1-5H3. The maximum Gasteiger partial charge on any atom is 0.0579 e. The lowest BCUT2D eigenvalue weighted by Gasteiger charge is -2.61. The van der Waals surface area contributed by atoms with Crippen molar-refractivity contribution in [3.8, 4) is 0 Å². The third-order valence-corrected chi connectivity index (χ3v) is 12.0. The molecule has 4 aliphatic carbocycles. The summed E-state index contributed by atoms with van der Waals surface area (Å²) in [5, 5.41) is 21.8. The van der Waals surface area contributed by atoms with Crippen LogP contribution in [0.5, 0.6) is 0 Å². The molecule has 12 atom stereocenters. The SMILES string of the molecule is CC1CCC(C(C)C2C(O)CC3C4CCC5CC(O)CCC5(C)C4CCC32C)N(C)C1. The fourth-order valence-electron chi connectivity index (χ4n) is 10.5. The van der Waals surface area contributed by atoms with E-state index in [1.54, 1.807) is 0 Å². The summed E-state index contributed by atoms with van der Waals surface area (Å²) in [4.78, 5) is 2.62. The van der Waals surface area contributed by atoms with Crippen LogP contribution in [0.25, 0.3) is 0 Å². The van der Waals surface area contributed by atoms with Gasteiger partial charge in [-0.3, -0.25) is 0 Å². The van der Waals surface area contributed by atoms with Gasteiger partial charge in [0.15, 0.2) is 0 Å². The van der Waals surface area contributed by atoms with Gasteiger partial charge in [0.25, 0.3) is 0 Å². The van der Waals surface area contributed by atoms with Gasteiger partial charge in [-0.1, -0.05) is 27.7 Å². The van der Waals surface area contributed by atoms with Crippen molar-refractivity contribution in [1.29, 1.82) is 0 Å². The van der Waals surface area contributed by atoms with Crippen molar-refractivity contribution in [2.45, 2.75) is 110 Å². The summed E-state index contributed by atoms with van der Waals surface area (Å²) in [6, 6.07) is 0.636. The number of hydrogen-bond acceptors (Lipinski definition) is 3. The molecule has 5 fully saturated rings. The van der Waals surface area contributed by atoms with Gasteiger partial charge in [-0.2, -0.15) is 0 Å². The predicted molar refractivity (Wildman–Crippen MR) is 127 cm³/mol. The van der Waals surface area contributed by atoms with E-state index in [9.17, 15) is 10.2 Å². The van der Waals surface area contributed by atoms with Gasteiger partial charge in [0.1, 0.15) is 0 Å². The summed E-state index contributed by atoms with van der Waals surface area (Å²) in [5.41, 5.74) is 0.735. The maximum atomic E-state index is 11.5. The quantitative estimate of drug-likeness (QED) is 0.620. The Kier molecular flexibility index (Phi) is 5.83. The molecule has 2 N–H and O–H groups in total. The zero-order chi connectivity index (χ0) is 22.1. The van der Waals surface area contributed by atoms with Gasteiger partial charge >= 0.3 is 0 Å². The van der Waals surface area contributed by atoms with E-state index in [1.807, 2.05) is 0 Å². The van der Waals surface area contributed by atoms with Crippen LogP contribution >= 0.6 is 0 Å². The molecule has 0 aromatic heterocycles. The summed E-state index contributed by atoms with van der Waals surface area (Å²) in [6.07, 6.45) is 12.1. The zero-order valence-electron chi connectivity index (χ0n) is 20.9. The number of likely N-dealkylation sites (tertiary alicyclic amines) is 1. The molecule has 3 nitrogen and oxygen atoms in total. The second-order valence-electron chi connectivity index (χ2n) is 13.5. The van der Waals surface area contributed by atoms with Gasteiger partial charge in [0.05, 0.1) is 12.2 Å². The first kappa shape index (κ1) is 22.7. The second-order valence-corrected chi connectivity index (χ2v) is 13.5. The topological polar surface area (TPSA) is 43.7 Å². The van der Waals surface area contributed by atoms with Gasteiger partial charge in [0, 0.05) is 12.6 Å². The van der Waals surface area contributed by atoms with E-state index in [0.29, 0.717) is 34.6 Å². The van der Waals surface area contributed by atoms with Gasteiger partial charge in [0.2, 0.25) is 0 Å². The molecule has 12 unspecified atom stereocenters. The summed E-state index contributed by atoms with van der Waals surface area (Å²) < 4.78 is 0. The van der Waals surface area contributed by atoms with Crippen LogP contribution in [0.4, 0.5) is 0 Å². The van der Waals surface area contributed by atoms with E-state index in [4.69, 9.17) is 0 Å². The molecule has 0 spiro atoms. The van der Waals surface area contributed by atoms with E-state index in [2.05, 4.69) is 39.6 Å².